The maximum Gasteiger partial charge on any atom is 0.233 e. The number of carbonyl (C=O) groups excluding carboxylic acids is 1. The molecule has 6 heteroatoms. The zero-order chi connectivity index (χ0) is 19.1. The van der Waals surface area contributed by atoms with Gasteiger partial charge in [-0.25, -0.2) is 0 Å². The van der Waals surface area contributed by atoms with Crippen molar-refractivity contribution in [2.24, 2.45) is 5.41 Å². The number of benzene rings is 2. The fraction of sp³-hybridized carbons (Fsp3) is 0.381. The molecule has 0 aromatic heterocycles. The summed E-state index contributed by atoms with van der Waals surface area (Å²) in [6, 6.07) is 17.0. The van der Waals surface area contributed by atoms with E-state index in [4.69, 9.17) is 4.74 Å². The highest BCUT2D eigenvalue weighted by Gasteiger charge is 2.39. The van der Waals surface area contributed by atoms with Gasteiger partial charge in [0, 0.05) is 17.7 Å². The monoisotopic (exact) mass is 386 g/mol. The molecule has 1 aliphatic heterocycles. The molecule has 0 saturated carbocycles. The van der Waals surface area contributed by atoms with Gasteiger partial charge < -0.3 is 15.4 Å². The van der Waals surface area contributed by atoms with Crippen LogP contribution in [0.2, 0.25) is 0 Å². The van der Waals surface area contributed by atoms with Gasteiger partial charge in [-0.15, -0.1) is 0 Å². The van der Waals surface area contributed by atoms with E-state index in [9.17, 15) is 9.00 Å². The average molecular weight is 387 g/mol. The Morgan fingerprint density at radius 1 is 1.15 bits per heavy atom. The van der Waals surface area contributed by atoms with Crippen LogP contribution in [0.1, 0.15) is 18.4 Å². The molecule has 2 aromatic carbocycles. The van der Waals surface area contributed by atoms with Crippen molar-refractivity contribution < 1.29 is 13.7 Å². The van der Waals surface area contributed by atoms with E-state index in [1.807, 2.05) is 54.6 Å². The van der Waals surface area contributed by atoms with E-state index in [2.05, 4.69) is 10.6 Å². The van der Waals surface area contributed by atoms with Gasteiger partial charge in [-0.1, -0.05) is 30.3 Å². The van der Waals surface area contributed by atoms with Gasteiger partial charge in [0.25, 0.3) is 0 Å². The number of methoxy groups -OCH3 is 1. The fourth-order valence-corrected chi connectivity index (χ4v) is 4.54. The Labute approximate surface area is 163 Å². The molecule has 1 fully saturated rings. The van der Waals surface area contributed by atoms with Gasteiger partial charge >= 0.3 is 0 Å². The molecule has 1 saturated heterocycles. The van der Waals surface area contributed by atoms with Gasteiger partial charge in [-0.3, -0.25) is 9.00 Å². The van der Waals surface area contributed by atoms with Crippen LogP contribution in [0, 0.1) is 5.41 Å². The largest absolute Gasteiger partial charge is 0.384 e. The summed E-state index contributed by atoms with van der Waals surface area (Å²) in [5.74, 6) is 0.410. The predicted molar refractivity (Wildman–Crippen MR) is 108 cm³/mol. The van der Waals surface area contributed by atoms with E-state index in [-0.39, 0.29) is 5.91 Å². The summed E-state index contributed by atoms with van der Waals surface area (Å²) >= 11 is 0. The van der Waals surface area contributed by atoms with Crippen LogP contribution in [0.5, 0.6) is 0 Å². The predicted octanol–water partition coefficient (Wildman–Crippen LogP) is 2.95. The minimum atomic E-state index is -1.11. The van der Waals surface area contributed by atoms with Crippen LogP contribution in [0.25, 0.3) is 0 Å². The molecule has 0 aliphatic carbocycles. The summed E-state index contributed by atoms with van der Waals surface area (Å²) in [7, 11) is 0.524. The van der Waals surface area contributed by atoms with Crippen molar-refractivity contribution in [3.05, 3.63) is 60.2 Å². The van der Waals surface area contributed by atoms with E-state index in [0.29, 0.717) is 12.4 Å². The molecule has 0 bridgehead atoms. The van der Waals surface area contributed by atoms with E-state index in [1.165, 1.54) is 0 Å². The third kappa shape index (κ3) is 5.03. The summed E-state index contributed by atoms with van der Waals surface area (Å²) < 4.78 is 17.9. The van der Waals surface area contributed by atoms with Crippen LogP contribution in [0.3, 0.4) is 0 Å². The number of ether oxygens (including phenoxy) is 1. The number of hydrogen-bond donors (Lipinski definition) is 2. The fourth-order valence-electron chi connectivity index (χ4n) is 3.43. The Bertz CT molecular complexity index is 784. The lowest BCUT2D eigenvalue weighted by molar-refractivity contribution is -0.130. The molecule has 27 heavy (non-hydrogen) atoms. The van der Waals surface area contributed by atoms with Crippen molar-refractivity contribution in [1.82, 2.24) is 5.32 Å². The first-order valence-corrected chi connectivity index (χ1v) is 10.5. The number of rotatable bonds is 7. The third-order valence-corrected chi connectivity index (χ3v) is 6.35. The second kappa shape index (κ2) is 9.26. The van der Waals surface area contributed by atoms with E-state index >= 15 is 0 Å². The topological polar surface area (TPSA) is 67.4 Å². The first-order chi connectivity index (χ1) is 13.1. The summed E-state index contributed by atoms with van der Waals surface area (Å²) in [5.41, 5.74) is 1.17. The highest BCUT2D eigenvalue weighted by Crippen LogP contribution is 2.31. The lowest BCUT2D eigenvalue weighted by Gasteiger charge is -2.35. The molecule has 0 spiro atoms. The molecule has 144 valence electrons. The van der Waals surface area contributed by atoms with E-state index < -0.39 is 16.2 Å². The summed E-state index contributed by atoms with van der Waals surface area (Å²) in [5, 5.41) is 6.34. The van der Waals surface area contributed by atoms with Gasteiger partial charge in [-0.05, 0) is 55.8 Å². The molecular weight excluding hydrogens is 360 g/mol. The molecule has 2 aromatic rings. The minimum absolute atomic E-state index is 0.00724. The lowest BCUT2D eigenvalue weighted by atomic mass is 9.78. The van der Waals surface area contributed by atoms with Crippen molar-refractivity contribution >= 4 is 22.4 Å². The number of anilines is 1. The third-order valence-electron chi connectivity index (χ3n) is 4.95. The normalized spacial score (nSPS) is 17.2. The van der Waals surface area contributed by atoms with Gasteiger partial charge in [0.15, 0.2) is 0 Å². The zero-order valence-electron chi connectivity index (χ0n) is 15.6. The van der Waals surface area contributed by atoms with Crippen molar-refractivity contribution in [2.75, 3.05) is 32.1 Å². The summed E-state index contributed by atoms with van der Waals surface area (Å²) in [4.78, 5) is 13.8. The minimum Gasteiger partial charge on any atom is -0.384 e. The van der Waals surface area contributed by atoms with Gasteiger partial charge in [0.1, 0.15) is 0 Å². The second-order valence-corrected chi connectivity index (χ2v) is 8.37. The molecule has 1 aliphatic rings. The van der Waals surface area contributed by atoms with Crippen molar-refractivity contribution in [3.63, 3.8) is 0 Å². The Morgan fingerprint density at radius 2 is 1.89 bits per heavy atom. The Kier molecular flexibility index (Phi) is 6.77. The molecule has 1 heterocycles. The first kappa shape index (κ1) is 19.7. The number of amides is 1. The maximum atomic E-state index is 13.0. The van der Waals surface area contributed by atoms with Crippen LogP contribution >= 0.6 is 0 Å². The van der Waals surface area contributed by atoms with Gasteiger partial charge in [-0.2, -0.15) is 0 Å². The quantitative estimate of drug-likeness (QED) is 0.768. The maximum absolute atomic E-state index is 13.0. The molecular formula is C21H26N2O3S. The Morgan fingerprint density at radius 3 is 2.59 bits per heavy atom. The molecule has 3 rings (SSSR count). The van der Waals surface area contributed by atoms with Crippen molar-refractivity contribution in [3.8, 4) is 0 Å². The van der Waals surface area contributed by atoms with Crippen molar-refractivity contribution in [1.29, 1.82) is 0 Å². The smallest absolute Gasteiger partial charge is 0.233 e. The molecule has 1 unspecified atom stereocenters. The van der Waals surface area contributed by atoms with Crippen LogP contribution < -0.4 is 10.6 Å². The number of carbonyl (C=O) groups is 1. The van der Waals surface area contributed by atoms with E-state index in [1.54, 1.807) is 7.11 Å². The average Bonchev–Trinajstić information content (AvgIpc) is 2.70. The van der Waals surface area contributed by atoms with E-state index in [0.717, 1.165) is 42.1 Å². The highest BCUT2D eigenvalue weighted by atomic mass is 32.2. The van der Waals surface area contributed by atoms with Crippen LogP contribution in [-0.2, 0) is 26.1 Å². The summed E-state index contributed by atoms with van der Waals surface area (Å²) in [6.45, 7) is 2.04. The molecule has 5 nitrogen and oxygen atoms in total. The SMILES string of the molecule is COCC1(C(=O)Nc2cccc(CS(=O)c3ccccc3)c2)CCNCC1. The van der Waals surface area contributed by atoms with Gasteiger partial charge in [0.2, 0.25) is 5.91 Å². The first-order valence-electron chi connectivity index (χ1n) is 9.16. The molecule has 2 N–H and O–H groups in total. The second-order valence-electron chi connectivity index (χ2n) is 6.92. The van der Waals surface area contributed by atoms with Crippen LogP contribution in [-0.4, -0.2) is 36.9 Å². The molecule has 1 atom stereocenters. The number of piperidine rings is 1. The lowest BCUT2D eigenvalue weighted by Crippen LogP contribution is -2.47. The Hall–Kier alpha value is -2.02. The van der Waals surface area contributed by atoms with Crippen LogP contribution in [0.15, 0.2) is 59.5 Å². The zero-order valence-corrected chi connectivity index (χ0v) is 16.4. The van der Waals surface area contributed by atoms with Crippen molar-refractivity contribution in [2.45, 2.75) is 23.5 Å². The molecule has 1 amide bonds. The standard InChI is InChI=1S/C21H26N2O3S/c1-26-16-21(10-12-22-13-11-21)20(24)23-18-7-5-6-17(14-18)15-27(25)19-8-3-2-4-9-19/h2-9,14,22H,10-13,15-16H2,1H3,(H,23,24). The molecule has 0 radical (unpaired) electrons. The van der Waals surface area contributed by atoms with Gasteiger partial charge in [0.05, 0.1) is 28.6 Å². The number of hydrogen-bond acceptors (Lipinski definition) is 4. The Balaban J connectivity index is 1.69. The highest BCUT2D eigenvalue weighted by molar-refractivity contribution is 7.84. The summed E-state index contributed by atoms with van der Waals surface area (Å²) in [6.07, 6.45) is 1.51. The van der Waals surface area contributed by atoms with Crippen LogP contribution in [0.4, 0.5) is 5.69 Å². The number of nitrogens with one attached hydrogen (secondary N) is 2.